The van der Waals surface area contributed by atoms with Crippen molar-refractivity contribution >= 4 is 0 Å². The van der Waals surface area contributed by atoms with E-state index in [0.29, 0.717) is 19.8 Å². The van der Waals surface area contributed by atoms with Crippen LogP contribution in [0.15, 0.2) is 12.2 Å². The SMILES string of the molecule is C=C(C)CC(NN)C1COCCO1. The Balaban J connectivity index is 2.39. The average Bonchev–Trinajstić information content (AvgIpc) is 2.15. The number of ether oxygens (including phenoxy) is 2. The van der Waals surface area contributed by atoms with Crippen LogP contribution in [0.3, 0.4) is 0 Å². The van der Waals surface area contributed by atoms with Crippen LogP contribution in [0.1, 0.15) is 13.3 Å². The number of rotatable bonds is 4. The molecule has 0 bridgehead atoms. The summed E-state index contributed by atoms with van der Waals surface area (Å²) in [5.41, 5.74) is 3.83. The van der Waals surface area contributed by atoms with Crippen LogP contribution in [0.5, 0.6) is 0 Å². The molecule has 0 saturated carbocycles. The fourth-order valence-electron chi connectivity index (χ4n) is 1.41. The second-order valence-electron chi connectivity index (χ2n) is 3.42. The zero-order valence-electron chi connectivity index (χ0n) is 8.08. The van der Waals surface area contributed by atoms with Crippen molar-refractivity contribution in [3.05, 3.63) is 12.2 Å². The molecule has 0 aliphatic carbocycles. The smallest absolute Gasteiger partial charge is 0.0978 e. The molecule has 0 radical (unpaired) electrons. The highest BCUT2D eigenvalue weighted by Crippen LogP contribution is 2.11. The van der Waals surface area contributed by atoms with Gasteiger partial charge in [0, 0.05) is 0 Å². The van der Waals surface area contributed by atoms with Crippen LogP contribution in [-0.4, -0.2) is 32.0 Å². The van der Waals surface area contributed by atoms with E-state index >= 15 is 0 Å². The van der Waals surface area contributed by atoms with Crippen molar-refractivity contribution in [3.63, 3.8) is 0 Å². The molecular formula is C9H18N2O2. The van der Waals surface area contributed by atoms with Gasteiger partial charge in [-0.05, 0) is 13.3 Å². The molecule has 4 heteroatoms. The third-order valence-electron chi connectivity index (χ3n) is 2.07. The van der Waals surface area contributed by atoms with E-state index in [0.717, 1.165) is 12.0 Å². The Morgan fingerprint density at radius 1 is 1.69 bits per heavy atom. The maximum atomic E-state index is 5.52. The fraction of sp³-hybridized carbons (Fsp3) is 0.778. The molecule has 1 rings (SSSR count). The zero-order valence-corrected chi connectivity index (χ0v) is 8.08. The highest BCUT2D eigenvalue weighted by atomic mass is 16.6. The Morgan fingerprint density at radius 2 is 2.46 bits per heavy atom. The van der Waals surface area contributed by atoms with Gasteiger partial charge in [0.15, 0.2) is 0 Å². The molecule has 4 nitrogen and oxygen atoms in total. The molecule has 2 unspecified atom stereocenters. The molecule has 76 valence electrons. The van der Waals surface area contributed by atoms with E-state index in [1.165, 1.54) is 0 Å². The third-order valence-corrected chi connectivity index (χ3v) is 2.07. The van der Waals surface area contributed by atoms with Crippen LogP contribution in [0.4, 0.5) is 0 Å². The number of hydrogen-bond acceptors (Lipinski definition) is 4. The van der Waals surface area contributed by atoms with Crippen LogP contribution < -0.4 is 11.3 Å². The maximum Gasteiger partial charge on any atom is 0.0978 e. The second kappa shape index (κ2) is 5.34. The standard InChI is InChI=1S/C9H18N2O2/c1-7(2)5-8(11-10)9-6-12-3-4-13-9/h8-9,11H,1,3-6,10H2,2H3. The minimum atomic E-state index is 0.0513. The summed E-state index contributed by atoms with van der Waals surface area (Å²) in [6, 6.07) is 0.109. The molecule has 0 aromatic heterocycles. The Hall–Kier alpha value is -0.420. The lowest BCUT2D eigenvalue weighted by Crippen LogP contribution is -2.49. The molecule has 0 amide bonds. The molecular weight excluding hydrogens is 168 g/mol. The van der Waals surface area contributed by atoms with Crippen molar-refractivity contribution in [2.45, 2.75) is 25.5 Å². The average molecular weight is 186 g/mol. The van der Waals surface area contributed by atoms with Gasteiger partial charge in [0.25, 0.3) is 0 Å². The molecule has 13 heavy (non-hydrogen) atoms. The Kier molecular flexibility index (Phi) is 4.38. The molecule has 1 aliphatic rings. The normalized spacial score (nSPS) is 25.5. The van der Waals surface area contributed by atoms with Crippen molar-refractivity contribution in [2.24, 2.45) is 5.84 Å². The summed E-state index contributed by atoms with van der Waals surface area (Å²) < 4.78 is 10.8. The van der Waals surface area contributed by atoms with Crippen LogP contribution in [-0.2, 0) is 9.47 Å². The summed E-state index contributed by atoms with van der Waals surface area (Å²) in [6.07, 6.45) is 0.875. The number of hydrazine groups is 1. The molecule has 1 heterocycles. The molecule has 0 aromatic rings. The largest absolute Gasteiger partial charge is 0.376 e. The zero-order chi connectivity index (χ0) is 9.68. The summed E-state index contributed by atoms with van der Waals surface area (Å²) in [4.78, 5) is 0. The van der Waals surface area contributed by atoms with Crippen molar-refractivity contribution in [1.29, 1.82) is 0 Å². The molecule has 0 aromatic carbocycles. The molecule has 1 saturated heterocycles. The molecule has 2 atom stereocenters. The first kappa shape index (κ1) is 10.7. The Morgan fingerprint density at radius 3 is 2.92 bits per heavy atom. The second-order valence-corrected chi connectivity index (χ2v) is 3.42. The minimum absolute atomic E-state index is 0.0513. The van der Waals surface area contributed by atoms with Gasteiger partial charge in [0.1, 0.15) is 0 Å². The summed E-state index contributed by atoms with van der Waals surface area (Å²) in [5, 5.41) is 0. The van der Waals surface area contributed by atoms with E-state index in [-0.39, 0.29) is 12.1 Å². The summed E-state index contributed by atoms with van der Waals surface area (Å²) >= 11 is 0. The Labute approximate surface area is 79.1 Å². The predicted octanol–water partition coefficient (Wildman–Crippen LogP) is 0.200. The highest BCUT2D eigenvalue weighted by molar-refractivity contribution is 4.95. The number of nitrogens with one attached hydrogen (secondary N) is 1. The van der Waals surface area contributed by atoms with Gasteiger partial charge >= 0.3 is 0 Å². The summed E-state index contributed by atoms with van der Waals surface area (Å²) in [7, 11) is 0. The topological polar surface area (TPSA) is 56.5 Å². The van der Waals surface area contributed by atoms with Gasteiger partial charge in [0.2, 0.25) is 0 Å². The summed E-state index contributed by atoms with van der Waals surface area (Å²) in [5.74, 6) is 5.43. The van der Waals surface area contributed by atoms with Gasteiger partial charge in [-0.3, -0.25) is 11.3 Å². The van der Waals surface area contributed by atoms with E-state index in [2.05, 4.69) is 12.0 Å². The van der Waals surface area contributed by atoms with Crippen LogP contribution in [0.2, 0.25) is 0 Å². The first-order valence-electron chi connectivity index (χ1n) is 4.54. The van der Waals surface area contributed by atoms with E-state index in [4.69, 9.17) is 15.3 Å². The maximum absolute atomic E-state index is 5.52. The first-order chi connectivity index (χ1) is 6.24. The first-order valence-corrected chi connectivity index (χ1v) is 4.54. The molecule has 1 aliphatic heterocycles. The number of nitrogens with two attached hydrogens (primary N) is 1. The summed E-state index contributed by atoms with van der Waals surface area (Å²) in [6.45, 7) is 7.77. The van der Waals surface area contributed by atoms with Gasteiger partial charge in [0.05, 0.1) is 32.0 Å². The van der Waals surface area contributed by atoms with Crippen molar-refractivity contribution in [2.75, 3.05) is 19.8 Å². The number of hydrogen-bond donors (Lipinski definition) is 2. The monoisotopic (exact) mass is 186 g/mol. The lowest BCUT2D eigenvalue weighted by atomic mass is 10.0. The lowest BCUT2D eigenvalue weighted by Gasteiger charge is -2.30. The van der Waals surface area contributed by atoms with Crippen LogP contribution in [0.25, 0.3) is 0 Å². The van der Waals surface area contributed by atoms with Crippen LogP contribution >= 0.6 is 0 Å². The minimum Gasteiger partial charge on any atom is -0.376 e. The van der Waals surface area contributed by atoms with Crippen molar-refractivity contribution < 1.29 is 9.47 Å². The molecule has 1 fully saturated rings. The van der Waals surface area contributed by atoms with Gasteiger partial charge < -0.3 is 9.47 Å². The van der Waals surface area contributed by atoms with E-state index in [1.54, 1.807) is 0 Å². The lowest BCUT2D eigenvalue weighted by molar-refractivity contribution is -0.101. The predicted molar refractivity (Wildman–Crippen MR) is 51.1 cm³/mol. The van der Waals surface area contributed by atoms with Gasteiger partial charge in [-0.25, -0.2) is 0 Å². The highest BCUT2D eigenvalue weighted by Gasteiger charge is 2.23. The van der Waals surface area contributed by atoms with Gasteiger partial charge in [-0.2, -0.15) is 0 Å². The fourth-order valence-corrected chi connectivity index (χ4v) is 1.41. The Bertz CT molecular complexity index is 167. The quantitative estimate of drug-likeness (QED) is 0.374. The third kappa shape index (κ3) is 3.44. The van der Waals surface area contributed by atoms with Crippen molar-refractivity contribution in [3.8, 4) is 0 Å². The molecule has 3 N–H and O–H groups in total. The molecule has 0 spiro atoms. The van der Waals surface area contributed by atoms with Gasteiger partial charge in [-0.15, -0.1) is 6.58 Å². The van der Waals surface area contributed by atoms with E-state index in [1.807, 2.05) is 6.92 Å². The van der Waals surface area contributed by atoms with Crippen molar-refractivity contribution in [1.82, 2.24) is 5.43 Å². The van der Waals surface area contributed by atoms with Crippen LogP contribution in [0, 0.1) is 0 Å². The van der Waals surface area contributed by atoms with E-state index in [9.17, 15) is 0 Å². The van der Waals surface area contributed by atoms with E-state index < -0.39 is 0 Å². The van der Waals surface area contributed by atoms with Gasteiger partial charge in [-0.1, -0.05) is 5.57 Å².